The van der Waals surface area contributed by atoms with Crippen molar-refractivity contribution >= 4 is 5.69 Å². The Morgan fingerprint density at radius 2 is 1.93 bits per heavy atom. The molecule has 0 saturated carbocycles. The van der Waals surface area contributed by atoms with Crippen LogP contribution in [0.25, 0.3) is 0 Å². The molecule has 0 radical (unpaired) electrons. The van der Waals surface area contributed by atoms with Gasteiger partial charge in [0.15, 0.2) is 0 Å². The Morgan fingerprint density at radius 1 is 1.27 bits per heavy atom. The van der Waals surface area contributed by atoms with Crippen LogP contribution < -0.4 is 5.32 Å². The minimum Gasteiger partial charge on any atom is -0.362 e. The van der Waals surface area contributed by atoms with E-state index in [1.54, 1.807) is 0 Å². The van der Waals surface area contributed by atoms with E-state index < -0.39 is 0 Å². The van der Waals surface area contributed by atoms with Crippen molar-refractivity contribution in [1.29, 1.82) is 0 Å². The number of allylic oxidation sites excluding steroid dienone is 4. The molecule has 0 saturated heterocycles. The molecule has 1 N–H and O–H groups in total. The third kappa shape index (κ3) is 4.32. The smallest absolute Gasteiger partial charge is 0.0379 e. The molecule has 0 unspecified atom stereocenters. The summed E-state index contributed by atoms with van der Waals surface area (Å²) in [6, 6.07) is 8.29. The predicted octanol–water partition coefficient (Wildman–Crippen LogP) is 4.05. The normalized spacial score (nSPS) is 11.7. The van der Waals surface area contributed by atoms with Gasteiger partial charge >= 0.3 is 0 Å². The number of aryl methyl sites for hydroxylation is 1. The molecule has 1 aromatic carbocycles. The van der Waals surface area contributed by atoms with Gasteiger partial charge in [-0.1, -0.05) is 42.0 Å². The molecule has 1 nitrogen and oxygen atoms in total. The highest BCUT2D eigenvalue weighted by Gasteiger charge is 1.86. The highest BCUT2D eigenvalue weighted by Crippen LogP contribution is 2.08. The van der Waals surface area contributed by atoms with Crippen molar-refractivity contribution < 1.29 is 0 Å². The molecule has 0 amide bonds. The molecule has 78 valence electrons. The molecule has 0 aromatic heterocycles. The zero-order valence-electron chi connectivity index (χ0n) is 9.33. The lowest BCUT2D eigenvalue weighted by molar-refractivity contribution is 1.45. The largest absolute Gasteiger partial charge is 0.362 e. The van der Waals surface area contributed by atoms with Gasteiger partial charge in [-0.3, -0.25) is 0 Å². The average molecular weight is 199 g/mol. The number of rotatable bonds is 4. The van der Waals surface area contributed by atoms with Crippen LogP contribution in [0.2, 0.25) is 0 Å². The van der Waals surface area contributed by atoms with Crippen LogP contribution in [0.5, 0.6) is 0 Å². The van der Waals surface area contributed by atoms with Crippen molar-refractivity contribution in [3.8, 4) is 0 Å². The first-order valence-corrected chi connectivity index (χ1v) is 5.01. The molecule has 0 spiro atoms. The van der Waals surface area contributed by atoms with Gasteiger partial charge in [0, 0.05) is 11.9 Å². The summed E-state index contributed by atoms with van der Waals surface area (Å²) in [5, 5.41) is 3.19. The van der Waals surface area contributed by atoms with Crippen molar-refractivity contribution in [2.24, 2.45) is 0 Å². The standard InChI is InChI=1S/C14H17N/c1-4-12(2)6-5-11-15-14-9-7-13(3)8-10-14/h4-11,15H,1H2,2-3H3/b11-5+,12-6-. The summed E-state index contributed by atoms with van der Waals surface area (Å²) >= 11 is 0. The van der Waals surface area contributed by atoms with Gasteiger partial charge in [-0.2, -0.15) is 0 Å². The number of benzene rings is 1. The Balaban J connectivity index is 2.50. The first-order valence-electron chi connectivity index (χ1n) is 5.01. The quantitative estimate of drug-likeness (QED) is 0.721. The number of hydrogen-bond donors (Lipinski definition) is 1. The summed E-state index contributed by atoms with van der Waals surface area (Å²) < 4.78 is 0. The van der Waals surface area contributed by atoms with Crippen molar-refractivity contribution in [3.05, 3.63) is 66.4 Å². The summed E-state index contributed by atoms with van der Waals surface area (Å²) in [6.45, 7) is 7.78. The minimum atomic E-state index is 1.10. The van der Waals surface area contributed by atoms with Gasteiger partial charge in [0.1, 0.15) is 0 Å². The zero-order valence-corrected chi connectivity index (χ0v) is 9.33. The second kappa shape index (κ2) is 5.86. The molecule has 1 rings (SSSR count). The molecule has 1 heteroatoms. The van der Waals surface area contributed by atoms with Gasteiger partial charge in [-0.05, 0) is 32.1 Å². The second-order valence-electron chi connectivity index (χ2n) is 3.48. The fourth-order valence-corrected chi connectivity index (χ4v) is 1.06. The third-order valence-corrected chi connectivity index (χ3v) is 2.08. The lowest BCUT2D eigenvalue weighted by Crippen LogP contribution is -1.86. The fourth-order valence-electron chi connectivity index (χ4n) is 1.06. The summed E-state index contributed by atoms with van der Waals surface area (Å²) in [5.41, 5.74) is 3.52. The monoisotopic (exact) mass is 199 g/mol. The summed E-state index contributed by atoms with van der Waals surface area (Å²) in [7, 11) is 0. The molecule has 0 atom stereocenters. The number of nitrogens with one attached hydrogen (secondary N) is 1. The Bertz CT molecular complexity index is 369. The average Bonchev–Trinajstić information content (AvgIpc) is 2.26. The summed E-state index contributed by atoms with van der Waals surface area (Å²) in [6.07, 6.45) is 7.72. The van der Waals surface area contributed by atoms with E-state index in [4.69, 9.17) is 0 Å². The van der Waals surface area contributed by atoms with Gasteiger partial charge < -0.3 is 5.32 Å². The lowest BCUT2D eigenvalue weighted by atomic mass is 10.2. The van der Waals surface area contributed by atoms with Gasteiger partial charge in [0.05, 0.1) is 0 Å². The van der Waals surface area contributed by atoms with Crippen molar-refractivity contribution in [2.45, 2.75) is 13.8 Å². The van der Waals surface area contributed by atoms with Gasteiger partial charge in [0.2, 0.25) is 0 Å². The van der Waals surface area contributed by atoms with E-state index in [1.165, 1.54) is 5.56 Å². The van der Waals surface area contributed by atoms with E-state index in [0.717, 1.165) is 11.3 Å². The first kappa shape index (κ1) is 11.3. The molecule has 0 aliphatic rings. The molecule has 0 heterocycles. The van der Waals surface area contributed by atoms with Crippen molar-refractivity contribution in [2.75, 3.05) is 5.32 Å². The lowest BCUT2D eigenvalue weighted by Gasteiger charge is -1.99. The van der Waals surface area contributed by atoms with Crippen LogP contribution in [0.4, 0.5) is 5.69 Å². The van der Waals surface area contributed by atoms with Crippen LogP contribution in [0, 0.1) is 6.92 Å². The van der Waals surface area contributed by atoms with E-state index in [1.807, 2.05) is 31.4 Å². The van der Waals surface area contributed by atoms with Gasteiger partial charge in [-0.25, -0.2) is 0 Å². The molecule has 0 bridgehead atoms. The van der Waals surface area contributed by atoms with Crippen LogP contribution >= 0.6 is 0 Å². The predicted molar refractivity (Wildman–Crippen MR) is 67.9 cm³/mol. The number of hydrogen-bond acceptors (Lipinski definition) is 1. The Kier molecular flexibility index (Phi) is 4.42. The molecule has 0 aliphatic carbocycles. The highest BCUT2D eigenvalue weighted by molar-refractivity contribution is 5.46. The Hall–Kier alpha value is -1.76. The van der Waals surface area contributed by atoms with E-state index in [2.05, 4.69) is 43.1 Å². The maximum absolute atomic E-state index is 3.68. The summed E-state index contributed by atoms with van der Waals surface area (Å²) in [4.78, 5) is 0. The van der Waals surface area contributed by atoms with Crippen molar-refractivity contribution in [1.82, 2.24) is 0 Å². The highest BCUT2D eigenvalue weighted by atomic mass is 14.8. The van der Waals surface area contributed by atoms with Gasteiger partial charge in [-0.15, -0.1) is 0 Å². The van der Waals surface area contributed by atoms with E-state index in [-0.39, 0.29) is 0 Å². The van der Waals surface area contributed by atoms with E-state index in [0.29, 0.717) is 0 Å². The molecule has 0 aliphatic heterocycles. The Labute approximate surface area is 91.8 Å². The molecular weight excluding hydrogens is 182 g/mol. The first-order chi connectivity index (χ1) is 7.22. The molecule has 0 fully saturated rings. The third-order valence-electron chi connectivity index (χ3n) is 2.08. The van der Waals surface area contributed by atoms with Crippen LogP contribution in [0.1, 0.15) is 12.5 Å². The van der Waals surface area contributed by atoms with Crippen molar-refractivity contribution in [3.63, 3.8) is 0 Å². The SMILES string of the molecule is C=C/C(C)=C\C=C\Nc1ccc(C)cc1. The molecular formula is C14H17N. The minimum absolute atomic E-state index is 1.10. The van der Waals surface area contributed by atoms with E-state index >= 15 is 0 Å². The van der Waals surface area contributed by atoms with Crippen LogP contribution in [-0.4, -0.2) is 0 Å². The van der Waals surface area contributed by atoms with E-state index in [9.17, 15) is 0 Å². The summed E-state index contributed by atoms with van der Waals surface area (Å²) in [5.74, 6) is 0. The maximum Gasteiger partial charge on any atom is 0.0379 e. The van der Waals surface area contributed by atoms with Crippen LogP contribution in [-0.2, 0) is 0 Å². The number of anilines is 1. The topological polar surface area (TPSA) is 12.0 Å². The van der Waals surface area contributed by atoms with Crippen LogP contribution in [0.15, 0.2) is 60.8 Å². The van der Waals surface area contributed by atoms with Crippen LogP contribution in [0.3, 0.4) is 0 Å². The molecule has 15 heavy (non-hydrogen) atoms. The van der Waals surface area contributed by atoms with Gasteiger partial charge in [0.25, 0.3) is 0 Å². The second-order valence-corrected chi connectivity index (χ2v) is 3.48. The zero-order chi connectivity index (χ0) is 11.1. The fraction of sp³-hybridized carbons (Fsp3) is 0.143. The maximum atomic E-state index is 3.68. The Morgan fingerprint density at radius 3 is 2.53 bits per heavy atom. The molecule has 1 aromatic rings.